The van der Waals surface area contributed by atoms with Crippen molar-refractivity contribution in [3.05, 3.63) is 48.2 Å². The number of H-pyrrole nitrogens is 1. The molecule has 1 aromatic carbocycles. The molecule has 0 aliphatic heterocycles. The van der Waals surface area contributed by atoms with Crippen molar-refractivity contribution in [1.29, 1.82) is 0 Å². The summed E-state index contributed by atoms with van der Waals surface area (Å²) in [5, 5.41) is 24.5. The molecule has 1 spiro atoms. The molecule has 168 valence electrons. The number of benzene rings is 1. The van der Waals surface area contributed by atoms with Crippen LogP contribution in [0.15, 0.2) is 42.6 Å². The molecular formula is C28H39NO2. The fraction of sp³-hybridized carbons (Fsp3) is 0.643. The Bertz CT molecular complexity index is 994. The van der Waals surface area contributed by atoms with Crippen LogP contribution in [-0.2, 0) is 0 Å². The Hall–Kier alpha value is -1.58. The lowest BCUT2D eigenvalue weighted by molar-refractivity contribution is -0.266. The summed E-state index contributed by atoms with van der Waals surface area (Å²) in [5.74, 6) is 1.80. The Morgan fingerprint density at radius 3 is 2.58 bits per heavy atom. The number of aliphatic hydroxyl groups is 2. The Morgan fingerprint density at radius 1 is 1.10 bits per heavy atom. The van der Waals surface area contributed by atoms with Crippen LogP contribution >= 0.6 is 0 Å². The molecule has 0 bridgehead atoms. The predicted octanol–water partition coefficient (Wildman–Crippen LogP) is 6.04. The van der Waals surface area contributed by atoms with E-state index in [2.05, 4.69) is 69.7 Å². The maximum absolute atomic E-state index is 11.7. The van der Waals surface area contributed by atoms with E-state index >= 15 is 0 Å². The number of hydrogen-bond donors (Lipinski definition) is 3. The summed E-state index contributed by atoms with van der Waals surface area (Å²) in [7, 11) is 0. The molecule has 6 unspecified atom stereocenters. The molecule has 0 amide bonds. The molecule has 1 aromatic heterocycles. The Morgan fingerprint density at radius 2 is 1.84 bits per heavy atom. The third-order valence-electron chi connectivity index (χ3n) is 10.3. The number of hydrogen-bond acceptors (Lipinski definition) is 2. The lowest BCUT2D eigenvalue weighted by atomic mass is 9.35. The minimum Gasteiger partial charge on any atom is -0.393 e. The first-order valence-electron chi connectivity index (χ1n) is 12.3. The molecule has 3 fully saturated rings. The summed E-state index contributed by atoms with van der Waals surface area (Å²) >= 11 is 0. The van der Waals surface area contributed by atoms with E-state index in [1.54, 1.807) is 0 Å². The summed E-state index contributed by atoms with van der Waals surface area (Å²) in [6.45, 7) is 13.6. The van der Waals surface area contributed by atoms with Gasteiger partial charge in [0.1, 0.15) is 0 Å². The zero-order valence-corrected chi connectivity index (χ0v) is 19.6. The molecular weight excluding hydrogens is 382 g/mol. The van der Waals surface area contributed by atoms with Crippen LogP contribution in [0.5, 0.6) is 0 Å². The topological polar surface area (TPSA) is 56.2 Å². The number of para-hydroxylation sites is 1. The molecule has 31 heavy (non-hydrogen) atoms. The first-order valence-corrected chi connectivity index (χ1v) is 12.3. The zero-order valence-electron chi connectivity index (χ0n) is 19.6. The van der Waals surface area contributed by atoms with Crippen LogP contribution in [0.3, 0.4) is 0 Å². The van der Waals surface area contributed by atoms with Gasteiger partial charge in [0.25, 0.3) is 0 Å². The number of nitrogens with one attached hydrogen (secondary N) is 1. The molecule has 0 radical (unpaired) electrons. The summed E-state index contributed by atoms with van der Waals surface area (Å²) in [6.07, 6.45) is 6.21. The van der Waals surface area contributed by atoms with Crippen LogP contribution in [0, 0.1) is 34.5 Å². The highest BCUT2D eigenvalue weighted by Crippen LogP contribution is 2.72. The van der Waals surface area contributed by atoms with Gasteiger partial charge >= 0.3 is 0 Å². The summed E-state index contributed by atoms with van der Waals surface area (Å²) in [4.78, 5) is 3.52. The van der Waals surface area contributed by atoms with Crippen LogP contribution in [0.2, 0.25) is 0 Å². The van der Waals surface area contributed by atoms with Gasteiger partial charge in [-0.2, -0.15) is 0 Å². The van der Waals surface area contributed by atoms with Crippen LogP contribution < -0.4 is 0 Å². The SMILES string of the molecule is C=C(C)C1CC[C@@]23C(O)CCC(C)[C@]2(C)C(O)CC(C)[C@H]3C1c1c[nH]c2ccccc12. The molecule has 3 saturated carbocycles. The van der Waals surface area contributed by atoms with Crippen molar-refractivity contribution in [2.75, 3.05) is 0 Å². The monoisotopic (exact) mass is 421 g/mol. The zero-order chi connectivity index (χ0) is 22.1. The number of aromatic nitrogens is 1. The van der Waals surface area contributed by atoms with E-state index in [9.17, 15) is 10.2 Å². The smallest absolute Gasteiger partial charge is 0.0605 e. The van der Waals surface area contributed by atoms with Gasteiger partial charge in [-0.3, -0.25) is 0 Å². The van der Waals surface area contributed by atoms with E-state index in [4.69, 9.17) is 0 Å². The molecule has 3 heteroatoms. The van der Waals surface area contributed by atoms with Gasteiger partial charge in [-0.1, -0.05) is 51.1 Å². The van der Waals surface area contributed by atoms with Crippen LogP contribution in [-0.4, -0.2) is 27.4 Å². The Kier molecular flexibility index (Phi) is 4.95. The van der Waals surface area contributed by atoms with Gasteiger partial charge in [-0.25, -0.2) is 0 Å². The molecule has 1 heterocycles. The number of rotatable bonds is 2. The van der Waals surface area contributed by atoms with Gasteiger partial charge in [0.15, 0.2) is 0 Å². The quantitative estimate of drug-likeness (QED) is 0.518. The van der Waals surface area contributed by atoms with Crippen molar-refractivity contribution in [2.24, 2.45) is 34.5 Å². The van der Waals surface area contributed by atoms with Crippen LogP contribution in [0.4, 0.5) is 0 Å². The van der Waals surface area contributed by atoms with Crippen molar-refractivity contribution in [3.8, 4) is 0 Å². The maximum Gasteiger partial charge on any atom is 0.0605 e. The van der Waals surface area contributed by atoms with Crippen molar-refractivity contribution in [1.82, 2.24) is 4.98 Å². The Labute approximate surface area is 187 Å². The van der Waals surface area contributed by atoms with Gasteiger partial charge in [-0.05, 0) is 80.2 Å². The molecule has 3 aliphatic carbocycles. The summed E-state index contributed by atoms with van der Waals surface area (Å²) in [5.41, 5.74) is 3.30. The fourth-order valence-electron chi connectivity index (χ4n) is 8.69. The van der Waals surface area contributed by atoms with Gasteiger partial charge in [0.2, 0.25) is 0 Å². The summed E-state index contributed by atoms with van der Waals surface area (Å²) < 4.78 is 0. The minimum atomic E-state index is -0.353. The number of fused-ring (bicyclic) bond motifs is 1. The number of aromatic amines is 1. The van der Waals surface area contributed by atoms with Crippen molar-refractivity contribution in [2.45, 2.75) is 77.9 Å². The van der Waals surface area contributed by atoms with Crippen molar-refractivity contribution >= 4 is 10.9 Å². The maximum atomic E-state index is 11.7. The Balaban J connectivity index is 1.75. The molecule has 3 nitrogen and oxygen atoms in total. The van der Waals surface area contributed by atoms with Crippen molar-refractivity contribution < 1.29 is 10.2 Å². The van der Waals surface area contributed by atoms with Gasteiger partial charge in [0.05, 0.1) is 12.2 Å². The molecule has 0 saturated heterocycles. The average molecular weight is 422 g/mol. The highest BCUT2D eigenvalue weighted by molar-refractivity contribution is 5.83. The third-order valence-corrected chi connectivity index (χ3v) is 10.3. The molecule has 3 N–H and O–H groups in total. The average Bonchev–Trinajstić information content (AvgIpc) is 3.17. The van der Waals surface area contributed by atoms with E-state index < -0.39 is 0 Å². The van der Waals surface area contributed by atoms with E-state index in [0.29, 0.717) is 29.6 Å². The van der Waals surface area contributed by atoms with E-state index in [1.807, 2.05) is 0 Å². The first-order chi connectivity index (χ1) is 14.7. The second-order valence-corrected chi connectivity index (χ2v) is 11.4. The second kappa shape index (κ2) is 7.22. The van der Waals surface area contributed by atoms with E-state index in [0.717, 1.165) is 32.1 Å². The number of aliphatic hydroxyl groups excluding tert-OH is 2. The van der Waals surface area contributed by atoms with Crippen molar-refractivity contribution in [3.63, 3.8) is 0 Å². The van der Waals surface area contributed by atoms with E-state index in [-0.39, 0.29) is 23.0 Å². The van der Waals surface area contributed by atoms with Gasteiger partial charge in [0, 0.05) is 27.9 Å². The lowest BCUT2D eigenvalue weighted by Gasteiger charge is -2.70. The molecule has 5 rings (SSSR count). The summed E-state index contributed by atoms with van der Waals surface area (Å²) in [6, 6.07) is 8.61. The van der Waals surface area contributed by atoms with E-state index in [1.165, 1.54) is 22.0 Å². The first kappa shape index (κ1) is 21.3. The second-order valence-electron chi connectivity index (χ2n) is 11.4. The number of allylic oxidation sites excluding steroid dienone is 1. The molecule has 2 aromatic rings. The highest BCUT2D eigenvalue weighted by Gasteiger charge is 2.70. The highest BCUT2D eigenvalue weighted by atomic mass is 16.3. The predicted molar refractivity (Wildman–Crippen MR) is 127 cm³/mol. The molecule has 3 aliphatic rings. The van der Waals surface area contributed by atoms with Gasteiger partial charge in [-0.15, -0.1) is 0 Å². The van der Waals surface area contributed by atoms with Crippen LogP contribution in [0.1, 0.15) is 71.3 Å². The fourth-order valence-corrected chi connectivity index (χ4v) is 8.69. The molecule has 9 atom stereocenters. The largest absolute Gasteiger partial charge is 0.393 e. The normalized spacial score (nSPS) is 45.2. The van der Waals surface area contributed by atoms with Gasteiger partial charge < -0.3 is 15.2 Å². The lowest BCUT2D eigenvalue weighted by Crippen LogP contribution is -2.69. The van der Waals surface area contributed by atoms with Crippen LogP contribution in [0.25, 0.3) is 10.9 Å². The third kappa shape index (κ3) is 2.66. The standard InChI is InChI=1S/C28H39NO2/c1-16(2)19-12-13-28-23(30)11-10-18(4)27(28,5)24(31)14-17(3)26(28)25(19)21-15-29-22-9-7-6-8-20(21)22/h6-9,15,17-19,23-26,29-31H,1,10-14H2,2-5H3/t17?,18?,19?,23?,24?,25?,26-,27+,28-/m0/s1. The minimum absolute atomic E-state index is 0.253.